The Balaban J connectivity index is 1.77. The van der Waals surface area contributed by atoms with E-state index in [1.807, 2.05) is 38.1 Å². The minimum atomic E-state index is -0.282. The maximum atomic E-state index is 13.6. The number of hydrogen-bond acceptors (Lipinski definition) is 5. The predicted molar refractivity (Wildman–Crippen MR) is 113 cm³/mol. The number of likely N-dealkylation sites (N-methyl/N-ethyl adjacent to an activating group) is 1. The van der Waals surface area contributed by atoms with E-state index in [1.165, 1.54) is 0 Å². The van der Waals surface area contributed by atoms with E-state index in [4.69, 9.17) is 0 Å². The zero-order chi connectivity index (χ0) is 20.7. The second-order valence-corrected chi connectivity index (χ2v) is 8.27. The molecule has 29 heavy (non-hydrogen) atoms. The van der Waals surface area contributed by atoms with Crippen LogP contribution in [0.3, 0.4) is 0 Å². The number of para-hydroxylation sites is 2. The molecular weight excluding hydrogens is 368 g/mol. The van der Waals surface area contributed by atoms with Crippen molar-refractivity contribution in [3.63, 3.8) is 0 Å². The molecule has 154 valence electrons. The van der Waals surface area contributed by atoms with Crippen LogP contribution in [0.5, 0.6) is 0 Å². The Morgan fingerprint density at radius 2 is 2.03 bits per heavy atom. The molecule has 0 saturated carbocycles. The summed E-state index contributed by atoms with van der Waals surface area (Å²) in [5.74, 6) is -0.282. The number of anilines is 3. The van der Waals surface area contributed by atoms with Crippen LogP contribution in [0.2, 0.25) is 0 Å². The number of nitrogens with zero attached hydrogens (tertiary/aromatic N) is 4. The molecule has 1 fully saturated rings. The summed E-state index contributed by atoms with van der Waals surface area (Å²) in [6.45, 7) is 9.16. The highest BCUT2D eigenvalue weighted by molar-refractivity contribution is 6.17. The first-order chi connectivity index (χ1) is 13.9. The van der Waals surface area contributed by atoms with Crippen molar-refractivity contribution in [1.29, 1.82) is 0 Å². The van der Waals surface area contributed by atoms with Gasteiger partial charge in [-0.2, -0.15) is 5.10 Å². The summed E-state index contributed by atoms with van der Waals surface area (Å²) in [6.07, 6.45) is 0. The first-order valence-corrected chi connectivity index (χ1v) is 10.1. The Morgan fingerprint density at radius 1 is 1.28 bits per heavy atom. The number of aromatic nitrogens is 2. The van der Waals surface area contributed by atoms with E-state index in [0.717, 1.165) is 19.6 Å². The van der Waals surface area contributed by atoms with Crippen LogP contribution in [0.25, 0.3) is 0 Å². The largest absolute Gasteiger partial charge is 0.319 e. The number of piperazine rings is 1. The summed E-state index contributed by atoms with van der Waals surface area (Å²) in [5, 5.41) is 10.1. The molecule has 1 unspecified atom stereocenters. The first kappa shape index (κ1) is 19.6. The highest BCUT2D eigenvalue weighted by Gasteiger charge is 2.36. The van der Waals surface area contributed by atoms with Crippen molar-refractivity contribution in [2.75, 3.05) is 43.4 Å². The van der Waals surface area contributed by atoms with Crippen LogP contribution < -0.4 is 10.2 Å². The van der Waals surface area contributed by atoms with Crippen molar-refractivity contribution in [3.8, 4) is 0 Å². The van der Waals surface area contributed by atoms with Crippen LogP contribution in [0.15, 0.2) is 24.3 Å². The zero-order valence-electron chi connectivity index (χ0n) is 17.4. The lowest BCUT2D eigenvalue weighted by Gasteiger charge is -2.38. The van der Waals surface area contributed by atoms with Gasteiger partial charge in [-0.25, -0.2) is 0 Å². The van der Waals surface area contributed by atoms with E-state index in [9.17, 15) is 9.59 Å². The Morgan fingerprint density at radius 3 is 2.76 bits per heavy atom. The van der Waals surface area contributed by atoms with E-state index in [2.05, 4.69) is 39.3 Å². The number of aromatic amines is 1. The van der Waals surface area contributed by atoms with E-state index < -0.39 is 0 Å². The predicted octanol–water partition coefficient (Wildman–Crippen LogP) is 2.40. The van der Waals surface area contributed by atoms with Gasteiger partial charge in [0.1, 0.15) is 11.4 Å². The number of fused-ring (bicyclic) bond motifs is 2. The maximum Gasteiger partial charge on any atom is 0.275 e. The number of carbonyl (C=O) groups is 2. The Kier molecular flexibility index (Phi) is 5.14. The average molecular weight is 396 g/mol. The second-order valence-electron chi connectivity index (χ2n) is 8.27. The van der Waals surface area contributed by atoms with Crippen molar-refractivity contribution in [2.45, 2.75) is 32.7 Å². The number of H-pyrrole nitrogens is 1. The van der Waals surface area contributed by atoms with E-state index >= 15 is 0 Å². The number of nitrogens with one attached hydrogen (secondary N) is 2. The van der Waals surface area contributed by atoms with E-state index in [0.29, 0.717) is 35.0 Å². The second kappa shape index (κ2) is 7.61. The summed E-state index contributed by atoms with van der Waals surface area (Å²) in [7, 11) is 2.10. The fourth-order valence-electron chi connectivity index (χ4n) is 4.13. The molecule has 1 aromatic heterocycles. The maximum absolute atomic E-state index is 13.6. The molecule has 8 nitrogen and oxygen atoms in total. The fourth-order valence-corrected chi connectivity index (χ4v) is 4.13. The number of amides is 2. The van der Waals surface area contributed by atoms with Gasteiger partial charge in [-0.1, -0.05) is 26.0 Å². The van der Waals surface area contributed by atoms with Crippen molar-refractivity contribution in [1.82, 2.24) is 20.0 Å². The van der Waals surface area contributed by atoms with Gasteiger partial charge in [0.15, 0.2) is 0 Å². The SMILES string of the molecule is CC(C)c1n[nH]c2c1N(C(=O)CN1CCN(C)CC1C)c1ccccc1NC2=O. The van der Waals surface area contributed by atoms with Gasteiger partial charge in [0.2, 0.25) is 5.91 Å². The molecule has 1 atom stereocenters. The van der Waals surface area contributed by atoms with Crippen molar-refractivity contribution in [2.24, 2.45) is 0 Å². The molecule has 3 heterocycles. The van der Waals surface area contributed by atoms with Crippen LogP contribution in [-0.4, -0.2) is 71.1 Å². The van der Waals surface area contributed by atoms with Gasteiger partial charge in [-0.05, 0) is 32.0 Å². The van der Waals surface area contributed by atoms with Crippen LogP contribution in [0.1, 0.15) is 42.9 Å². The summed E-state index contributed by atoms with van der Waals surface area (Å²) in [4.78, 5) is 32.6. The number of hydrogen-bond donors (Lipinski definition) is 2. The van der Waals surface area contributed by atoms with Gasteiger partial charge in [0.25, 0.3) is 5.91 Å². The Hall–Kier alpha value is -2.71. The van der Waals surface area contributed by atoms with Crippen LogP contribution in [-0.2, 0) is 4.79 Å². The van der Waals surface area contributed by atoms with Crippen LogP contribution >= 0.6 is 0 Å². The summed E-state index contributed by atoms with van der Waals surface area (Å²) >= 11 is 0. The molecule has 8 heteroatoms. The summed E-state index contributed by atoms with van der Waals surface area (Å²) < 4.78 is 0. The molecule has 0 radical (unpaired) electrons. The smallest absolute Gasteiger partial charge is 0.275 e. The molecule has 2 N–H and O–H groups in total. The van der Waals surface area contributed by atoms with Gasteiger partial charge in [-0.15, -0.1) is 0 Å². The third-order valence-corrected chi connectivity index (χ3v) is 5.71. The summed E-state index contributed by atoms with van der Waals surface area (Å²) in [6, 6.07) is 7.70. The van der Waals surface area contributed by atoms with Gasteiger partial charge in [-0.3, -0.25) is 24.5 Å². The number of benzene rings is 1. The normalized spacial score (nSPS) is 20.2. The lowest BCUT2D eigenvalue weighted by Crippen LogP contribution is -2.53. The van der Waals surface area contributed by atoms with E-state index in [1.54, 1.807) is 4.90 Å². The molecule has 0 spiro atoms. The van der Waals surface area contributed by atoms with Crippen LogP contribution in [0.4, 0.5) is 17.1 Å². The van der Waals surface area contributed by atoms with E-state index in [-0.39, 0.29) is 23.8 Å². The molecule has 1 saturated heterocycles. The molecule has 0 aliphatic carbocycles. The number of rotatable bonds is 3. The Labute approximate surface area is 170 Å². The Bertz CT molecular complexity index is 937. The summed E-state index contributed by atoms with van der Waals surface area (Å²) in [5.41, 5.74) is 2.90. The van der Waals surface area contributed by atoms with Gasteiger partial charge in [0.05, 0.1) is 23.6 Å². The van der Waals surface area contributed by atoms with Gasteiger partial charge < -0.3 is 10.2 Å². The third kappa shape index (κ3) is 3.54. The number of carbonyl (C=O) groups excluding carboxylic acids is 2. The molecule has 2 amide bonds. The fraction of sp³-hybridized carbons (Fsp3) is 0.476. The lowest BCUT2D eigenvalue weighted by atomic mass is 10.1. The van der Waals surface area contributed by atoms with Crippen molar-refractivity contribution < 1.29 is 9.59 Å². The molecule has 1 aromatic carbocycles. The first-order valence-electron chi connectivity index (χ1n) is 10.1. The van der Waals surface area contributed by atoms with Crippen molar-refractivity contribution in [3.05, 3.63) is 35.7 Å². The average Bonchev–Trinajstić information content (AvgIpc) is 3.06. The quantitative estimate of drug-likeness (QED) is 0.832. The standard InChI is InChI=1S/C21H28N6O2/c1-13(2)18-20-19(24-23-18)21(29)22-15-7-5-6-8-16(15)27(20)17(28)12-26-10-9-25(4)11-14(26)3/h5-8,13-14H,9-12H2,1-4H3,(H,22,29)(H,23,24). The van der Waals surface area contributed by atoms with Crippen molar-refractivity contribution >= 4 is 28.9 Å². The van der Waals surface area contributed by atoms with Gasteiger partial charge >= 0.3 is 0 Å². The van der Waals surface area contributed by atoms with Gasteiger partial charge in [0, 0.05) is 25.7 Å². The minimum Gasteiger partial charge on any atom is -0.319 e. The molecule has 2 aliphatic rings. The zero-order valence-corrected chi connectivity index (χ0v) is 17.4. The molecule has 0 bridgehead atoms. The molecule has 2 aromatic rings. The minimum absolute atomic E-state index is 0.0603. The van der Waals surface area contributed by atoms with Crippen LogP contribution in [0, 0.1) is 0 Å². The molecule has 4 rings (SSSR count). The monoisotopic (exact) mass is 396 g/mol. The topological polar surface area (TPSA) is 84.6 Å². The molecule has 2 aliphatic heterocycles. The highest BCUT2D eigenvalue weighted by Crippen LogP contribution is 2.41. The lowest BCUT2D eigenvalue weighted by molar-refractivity contribution is -0.120. The highest BCUT2D eigenvalue weighted by atomic mass is 16.2. The third-order valence-electron chi connectivity index (χ3n) is 5.71. The molecular formula is C21H28N6O2.